The van der Waals surface area contributed by atoms with E-state index in [1.54, 1.807) is 25.1 Å². The molecule has 1 unspecified atom stereocenters. The Morgan fingerprint density at radius 3 is 3.04 bits per heavy atom. The fourth-order valence-corrected chi connectivity index (χ4v) is 5.19. The summed E-state index contributed by atoms with van der Waals surface area (Å²) in [7, 11) is -3.42. The number of aromatic nitrogens is 2. The van der Waals surface area contributed by atoms with Gasteiger partial charge in [-0.2, -0.15) is 4.98 Å². The van der Waals surface area contributed by atoms with E-state index in [2.05, 4.69) is 14.5 Å². The molecule has 28 heavy (non-hydrogen) atoms. The molecule has 2 aliphatic heterocycles. The van der Waals surface area contributed by atoms with Crippen LogP contribution in [0.4, 0.5) is 5.69 Å². The SMILES string of the molecule is CCCc1noc(C(C)OC(=O)c2ccc3c(c2)SC2=NS(=O)(=O)CCN23)n1. The monoisotopic (exact) mass is 422 g/mol. The summed E-state index contributed by atoms with van der Waals surface area (Å²) in [5.41, 5.74) is 1.19. The number of fused-ring (bicyclic) bond motifs is 3. The van der Waals surface area contributed by atoms with Gasteiger partial charge in [-0.15, -0.1) is 4.40 Å². The third-order valence-electron chi connectivity index (χ3n) is 4.30. The molecule has 0 bridgehead atoms. The molecule has 4 rings (SSSR count). The van der Waals surface area contributed by atoms with E-state index < -0.39 is 22.1 Å². The van der Waals surface area contributed by atoms with Crippen LogP contribution in [0, 0.1) is 0 Å². The lowest BCUT2D eigenvalue weighted by Crippen LogP contribution is -2.35. The molecule has 3 heterocycles. The van der Waals surface area contributed by atoms with Gasteiger partial charge in [0.1, 0.15) is 0 Å². The van der Waals surface area contributed by atoms with Crippen LogP contribution in [0.2, 0.25) is 0 Å². The maximum absolute atomic E-state index is 12.5. The third kappa shape index (κ3) is 3.63. The number of hydrogen-bond acceptors (Lipinski definition) is 9. The van der Waals surface area contributed by atoms with Crippen molar-refractivity contribution in [3.63, 3.8) is 0 Å². The van der Waals surface area contributed by atoms with Gasteiger partial charge in [0, 0.05) is 17.9 Å². The molecule has 0 fully saturated rings. The normalized spacial score (nSPS) is 18.2. The molecule has 0 saturated heterocycles. The first-order valence-electron chi connectivity index (χ1n) is 8.82. The number of aryl methyl sites for hydroxylation is 1. The molecule has 0 radical (unpaired) electrons. The average Bonchev–Trinajstić information content (AvgIpc) is 3.24. The molecule has 2 aromatic rings. The topological polar surface area (TPSA) is 115 Å². The fraction of sp³-hybridized carbons (Fsp3) is 0.412. The summed E-state index contributed by atoms with van der Waals surface area (Å²) in [4.78, 5) is 19.4. The smallest absolute Gasteiger partial charge is 0.338 e. The van der Waals surface area contributed by atoms with Crippen molar-refractivity contribution in [2.24, 2.45) is 4.40 Å². The van der Waals surface area contributed by atoms with Crippen LogP contribution < -0.4 is 4.90 Å². The second-order valence-corrected chi connectivity index (χ2v) is 9.21. The van der Waals surface area contributed by atoms with Gasteiger partial charge in [-0.3, -0.25) is 0 Å². The minimum absolute atomic E-state index is 0.0258. The lowest BCUT2D eigenvalue weighted by Gasteiger charge is -2.22. The van der Waals surface area contributed by atoms with Crippen molar-refractivity contribution < 1.29 is 22.5 Å². The highest BCUT2D eigenvalue weighted by Crippen LogP contribution is 2.42. The van der Waals surface area contributed by atoms with Gasteiger partial charge in [0.05, 0.1) is 17.0 Å². The minimum atomic E-state index is -3.42. The molecular weight excluding hydrogens is 404 g/mol. The van der Waals surface area contributed by atoms with Crippen molar-refractivity contribution >= 4 is 38.6 Å². The lowest BCUT2D eigenvalue weighted by molar-refractivity contribution is 0.0265. The highest BCUT2D eigenvalue weighted by Gasteiger charge is 2.33. The zero-order valence-corrected chi connectivity index (χ0v) is 16.9. The Labute approximate surface area is 166 Å². The van der Waals surface area contributed by atoms with E-state index in [-0.39, 0.29) is 11.6 Å². The van der Waals surface area contributed by atoms with Crippen LogP contribution in [0.5, 0.6) is 0 Å². The summed E-state index contributed by atoms with van der Waals surface area (Å²) in [6, 6.07) is 5.10. The largest absolute Gasteiger partial charge is 0.449 e. The van der Waals surface area contributed by atoms with Gasteiger partial charge in [-0.25, -0.2) is 13.2 Å². The summed E-state index contributed by atoms with van der Waals surface area (Å²) < 4.78 is 37.8. The van der Waals surface area contributed by atoms with Crippen molar-refractivity contribution in [3.8, 4) is 0 Å². The highest BCUT2D eigenvalue weighted by atomic mass is 32.2. The number of rotatable bonds is 5. The number of amidine groups is 1. The maximum Gasteiger partial charge on any atom is 0.338 e. The number of anilines is 1. The molecule has 0 N–H and O–H groups in total. The highest BCUT2D eigenvalue weighted by molar-refractivity contribution is 8.15. The van der Waals surface area contributed by atoms with Gasteiger partial charge in [-0.1, -0.05) is 12.1 Å². The lowest BCUT2D eigenvalue weighted by atomic mass is 10.2. The van der Waals surface area contributed by atoms with Crippen LogP contribution in [0.15, 0.2) is 32.0 Å². The fourth-order valence-electron chi connectivity index (χ4n) is 2.89. The Balaban J connectivity index is 1.50. The van der Waals surface area contributed by atoms with Crippen molar-refractivity contribution in [2.75, 3.05) is 17.2 Å². The van der Waals surface area contributed by atoms with E-state index in [0.717, 1.165) is 17.0 Å². The molecule has 0 amide bonds. The molecule has 1 aromatic heterocycles. The first kappa shape index (κ1) is 18.9. The van der Waals surface area contributed by atoms with Gasteiger partial charge in [0.25, 0.3) is 15.9 Å². The third-order valence-corrected chi connectivity index (χ3v) is 6.60. The number of esters is 1. The molecule has 0 saturated carbocycles. The number of nitrogens with zero attached hydrogens (tertiary/aromatic N) is 4. The molecule has 9 nitrogen and oxygen atoms in total. The Morgan fingerprint density at radius 1 is 1.43 bits per heavy atom. The Morgan fingerprint density at radius 2 is 2.25 bits per heavy atom. The van der Waals surface area contributed by atoms with Gasteiger partial charge in [0.2, 0.25) is 0 Å². The van der Waals surface area contributed by atoms with Crippen LogP contribution in [-0.4, -0.2) is 42.0 Å². The summed E-state index contributed by atoms with van der Waals surface area (Å²) in [5, 5.41) is 4.27. The van der Waals surface area contributed by atoms with E-state index in [4.69, 9.17) is 9.26 Å². The summed E-state index contributed by atoms with van der Waals surface area (Å²) in [6.07, 6.45) is 0.915. The maximum atomic E-state index is 12.5. The number of benzene rings is 1. The van der Waals surface area contributed by atoms with E-state index in [9.17, 15) is 13.2 Å². The van der Waals surface area contributed by atoms with Crippen LogP contribution in [-0.2, 0) is 21.2 Å². The standard InChI is InChI=1S/C17H18N4O5S2/c1-3-4-14-18-15(26-19-14)10(2)25-16(22)11-5-6-12-13(9-11)27-17-20-28(23,24)8-7-21(12)17/h5-6,9-10H,3-4,7-8H2,1-2H3. The van der Waals surface area contributed by atoms with Crippen LogP contribution >= 0.6 is 11.8 Å². The molecule has 1 atom stereocenters. The number of hydrogen-bond donors (Lipinski definition) is 0. The van der Waals surface area contributed by atoms with E-state index in [1.807, 2.05) is 11.8 Å². The van der Waals surface area contributed by atoms with Gasteiger partial charge >= 0.3 is 5.97 Å². The molecule has 1 aromatic carbocycles. The van der Waals surface area contributed by atoms with Gasteiger partial charge in [-0.05, 0) is 43.3 Å². The number of sulfonamides is 1. The number of carbonyl (C=O) groups excluding carboxylic acids is 1. The second-order valence-electron chi connectivity index (χ2n) is 6.44. The average molecular weight is 422 g/mol. The molecular formula is C17H18N4O5S2. The van der Waals surface area contributed by atoms with E-state index in [1.165, 1.54) is 11.8 Å². The Kier molecular flexibility index (Phi) is 4.88. The molecule has 0 spiro atoms. The molecule has 148 valence electrons. The van der Waals surface area contributed by atoms with E-state index >= 15 is 0 Å². The van der Waals surface area contributed by atoms with Crippen molar-refractivity contribution in [1.82, 2.24) is 10.1 Å². The van der Waals surface area contributed by atoms with Gasteiger partial charge < -0.3 is 14.2 Å². The molecule has 2 aliphatic rings. The molecule has 11 heteroatoms. The van der Waals surface area contributed by atoms with Crippen LogP contribution in [0.3, 0.4) is 0 Å². The molecule has 0 aliphatic carbocycles. The van der Waals surface area contributed by atoms with Crippen molar-refractivity contribution in [1.29, 1.82) is 0 Å². The minimum Gasteiger partial charge on any atom is -0.449 e. The predicted octanol–water partition coefficient (Wildman–Crippen LogP) is 2.55. The number of thioether (sulfide) groups is 1. The number of carbonyl (C=O) groups is 1. The van der Waals surface area contributed by atoms with Gasteiger partial charge in [0.15, 0.2) is 17.1 Å². The van der Waals surface area contributed by atoms with E-state index in [0.29, 0.717) is 29.5 Å². The van der Waals surface area contributed by atoms with Crippen molar-refractivity contribution in [2.45, 2.75) is 37.7 Å². The van der Waals surface area contributed by atoms with Crippen LogP contribution in [0.25, 0.3) is 0 Å². The zero-order chi connectivity index (χ0) is 19.9. The quantitative estimate of drug-likeness (QED) is 0.670. The first-order valence-corrected chi connectivity index (χ1v) is 11.2. The zero-order valence-electron chi connectivity index (χ0n) is 15.3. The summed E-state index contributed by atoms with van der Waals surface area (Å²) >= 11 is 1.23. The summed E-state index contributed by atoms with van der Waals surface area (Å²) in [6.45, 7) is 4.03. The summed E-state index contributed by atoms with van der Waals surface area (Å²) in [5.74, 6) is 0.290. The van der Waals surface area contributed by atoms with Crippen LogP contribution in [0.1, 0.15) is 48.4 Å². The van der Waals surface area contributed by atoms with Crippen molar-refractivity contribution in [3.05, 3.63) is 35.5 Å². The number of ether oxygens (including phenoxy) is 1. The Bertz CT molecular complexity index is 1060. The first-order chi connectivity index (χ1) is 13.4. The predicted molar refractivity (Wildman–Crippen MR) is 103 cm³/mol. The Hall–Kier alpha value is -2.40. The second kappa shape index (κ2) is 7.21.